The molecule has 0 N–H and O–H groups in total. The molecule has 0 bridgehead atoms. The second-order valence-corrected chi connectivity index (χ2v) is 3.85. The molecule has 80 valence electrons. The van der Waals surface area contributed by atoms with Gasteiger partial charge in [0.25, 0.3) is 0 Å². The molecule has 0 amide bonds. The van der Waals surface area contributed by atoms with Gasteiger partial charge in [0.2, 0.25) is 0 Å². The number of hydrogen-bond donors (Lipinski definition) is 0. The zero-order valence-electron chi connectivity index (χ0n) is 7.56. The molecular formula is C5H7F4NaO3S. The van der Waals surface area contributed by atoms with E-state index >= 15 is 0 Å². The van der Waals surface area contributed by atoms with Crippen molar-refractivity contribution in [3.05, 3.63) is 0 Å². The van der Waals surface area contributed by atoms with Gasteiger partial charge in [-0.3, -0.25) is 0 Å². The third kappa shape index (κ3) is 3.34. The number of halogens is 4. The molecule has 9 heteroatoms. The molecule has 0 saturated carbocycles. The van der Waals surface area contributed by atoms with E-state index in [0.717, 1.165) is 0 Å². The summed E-state index contributed by atoms with van der Waals surface area (Å²) in [7, 11) is -6.32. The van der Waals surface area contributed by atoms with E-state index in [2.05, 4.69) is 0 Å². The van der Waals surface area contributed by atoms with Gasteiger partial charge in [0.15, 0.2) is 10.1 Å². The van der Waals surface area contributed by atoms with Crippen molar-refractivity contribution in [2.75, 3.05) is 0 Å². The maximum absolute atomic E-state index is 12.4. The standard InChI is InChI=1S/C5H8F4O3S.Na/c1-2-3-4(6,7)5(8,9)13(10,11)12;/h2-3H2,1H3,(H,10,11,12);/q;+1/p-1. The van der Waals surface area contributed by atoms with E-state index in [9.17, 15) is 30.5 Å². The van der Waals surface area contributed by atoms with Crippen molar-refractivity contribution in [2.24, 2.45) is 0 Å². The van der Waals surface area contributed by atoms with E-state index in [1.54, 1.807) is 0 Å². The van der Waals surface area contributed by atoms with Crippen LogP contribution >= 0.6 is 0 Å². The van der Waals surface area contributed by atoms with E-state index in [0.29, 0.717) is 0 Å². The first kappa shape index (κ1) is 17.0. The molecule has 0 aromatic carbocycles. The van der Waals surface area contributed by atoms with Crippen molar-refractivity contribution in [1.29, 1.82) is 0 Å². The molecule has 0 unspecified atom stereocenters. The number of hydrogen-bond acceptors (Lipinski definition) is 3. The zero-order chi connectivity index (χ0) is 10.9. The van der Waals surface area contributed by atoms with Gasteiger partial charge >= 0.3 is 40.7 Å². The Morgan fingerprint density at radius 1 is 1.21 bits per heavy atom. The molecule has 0 rings (SSSR count). The van der Waals surface area contributed by atoms with Crippen molar-refractivity contribution in [3.63, 3.8) is 0 Å². The fourth-order valence-corrected chi connectivity index (χ4v) is 1.11. The van der Waals surface area contributed by atoms with Gasteiger partial charge < -0.3 is 4.55 Å². The molecule has 0 aromatic rings. The SMILES string of the molecule is CCCC(F)(F)C(F)(F)S(=O)(=O)[O-].[Na+]. The summed E-state index contributed by atoms with van der Waals surface area (Å²) >= 11 is 0. The van der Waals surface area contributed by atoms with Gasteiger partial charge in [-0.2, -0.15) is 17.6 Å². The van der Waals surface area contributed by atoms with Crippen LogP contribution in [0.25, 0.3) is 0 Å². The van der Waals surface area contributed by atoms with Gasteiger partial charge in [0, 0.05) is 6.42 Å². The molecule has 3 nitrogen and oxygen atoms in total. The largest absolute Gasteiger partial charge is 1.00 e. The van der Waals surface area contributed by atoms with Crippen LogP contribution in [0, 0.1) is 0 Å². The zero-order valence-corrected chi connectivity index (χ0v) is 10.4. The Bertz CT molecular complexity index is 277. The summed E-state index contributed by atoms with van der Waals surface area (Å²) in [6.45, 7) is 1.17. The first-order valence-electron chi connectivity index (χ1n) is 3.27. The molecule has 14 heavy (non-hydrogen) atoms. The Balaban J connectivity index is 0. The third-order valence-electron chi connectivity index (χ3n) is 1.30. The quantitative estimate of drug-likeness (QED) is 0.347. The van der Waals surface area contributed by atoms with Crippen molar-refractivity contribution >= 4 is 10.1 Å². The fourth-order valence-electron chi connectivity index (χ4n) is 0.642. The van der Waals surface area contributed by atoms with Crippen LogP contribution in [0.1, 0.15) is 19.8 Å². The Hall–Kier alpha value is 0.630. The van der Waals surface area contributed by atoms with Gasteiger partial charge in [-0.05, 0) is 0 Å². The van der Waals surface area contributed by atoms with E-state index in [4.69, 9.17) is 0 Å². The maximum atomic E-state index is 12.4. The van der Waals surface area contributed by atoms with Crippen LogP contribution < -0.4 is 29.6 Å². The summed E-state index contributed by atoms with van der Waals surface area (Å²) < 4.78 is 78.6. The van der Waals surface area contributed by atoms with Gasteiger partial charge in [-0.1, -0.05) is 13.3 Å². The molecule has 0 saturated heterocycles. The average Bonchev–Trinajstić information content (AvgIpc) is 1.84. The molecule has 0 aliphatic carbocycles. The molecule has 0 radical (unpaired) electrons. The van der Waals surface area contributed by atoms with Crippen LogP contribution in [0.4, 0.5) is 17.6 Å². The predicted octanol–water partition coefficient (Wildman–Crippen LogP) is -1.44. The van der Waals surface area contributed by atoms with Gasteiger partial charge in [-0.25, -0.2) is 8.42 Å². The first-order valence-corrected chi connectivity index (χ1v) is 4.68. The van der Waals surface area contributed by atoms with Crippen LogP contribution in [0.2, 0.25) is 0 Å². The van der Waals surface area contributed by atoms with Gasteiger partial charge in [-0.15, -0.1) is 0 Å². The van der Waals surface area contributed by atoms with Crippen molar-refractivity contribution in [3.8, 4) is 0 Å². The summed E-state index contributed by atoms with van der Waals surface area (Å²) in [5, 5.41) is -5.53. The maximum Gasteiger partial charge on any atom is 1.00 e. The Kier molecular flexibility index (Phi) is 6.22. The number of rotatable bonds is 4. The van der Waals surface area contributed by atoms with Crippen molar-refractivity contribution < 1.29 is 60.1 Å². The third-order valence-corrected chi connectivity index (χ3v) is 2.23. The molecule has 0 aliphatic heterocycles. The Morgan fingerprint density at radius 2 is 1.57 bits per heavy atom. The fraction of sp³-hybridized carbons (Fsp3) is 1.00. The van der Waals surface area contributed by atoms with Crippen molar-refractivity contribution in [1.82, 2.24) is 0 Å². The minimum atomic E-state index is -6.32. The first-order chi connectivity index (χ1) is 5.56. The predicted molar refractivity (Wildman–Crippen MR) is 34.5 cm³/mol. The number of alkyl halides is 4. The summed E-state index contributed by atoms with van der Waals surface area (Å²) in [5.74, 6) is -4.80. The van der Waals surface area contributed by atoms with Crippen molar-refractivity contribution in [2.45, 2.75) is 30.9 Å². The average molecular weight is 246 g/mol. The van der Waals surface area contributed by atoms with E-state index < -0.39 is 27.7 Å². The summed E-state index contributed by atoms with van der Waals surface area (Å²) in [6.07, 6.45) is -1.69. The van der Waals surface area contributed by atoms with E-state index in [1.165, 1.54) is 6.92 Å². The minimum Gasteiger partial charge on any atom is -0.743 e. The Morgan fingerprint density at radius 3 is 1.79 bits per heavy atom. The summed E-state index contributed by atoms with van der Waals surface area (Å²) in [5.41, 5.74) is 0. The molecule has 0 spiro atoms. The second kappa shape index (κ2) is 5.11. The normalized spacial score (nSPS) is 13.6. The van der Waals surface area contributed by atoms with Crippen LogP contribution in [0.5, 0.6) is 0 Å². The smallest absolute Gasteiger partial charge is 0.743 e. The van der Waals surface area contributed by atoms with Crippen LogP contribution in [-0.2, 0) is 10.1 Å². The molecule has 0 heterocycles. The second-order valence-electron chi connectivity index (χ2n) is 2.43. The molecular weight excluding hydrogens is 239 g/mol. The molecule has 0 aromatic heterocycles. The van der Waals surface area contributed by atoms with Crippen LogP contribution in [-0.4, -0.2) is 24.1 Å². The molecule has 0 atom stereocenters. The van der Waals surface area contributed by atoms with Crippen LogP contribution in [0.15, 0.2) is 0 Å². The van der Waals surface area contributed by atoms with Gasteiger partial charge in [0.1, 0.15) is 0 Å². The summed E-state index contributed by atoms with van der Waals surface area (Å²) in [6, 6.07) is 0. The van der Waals surface area contributed by atoms with E-state index in [1.807, 2.05) is 0 Å². The molecule has 0 aliphatic rings. The summed E-state index contributed by atoms with van der Waals surface area (Å²) in [4.78, 5) is 0. The topological polar surface area (TPSA) is 57.2 Å². The monoisotopic (exact) mass is 246 g/mol. The van der Waals surface area contributed by atoms with Crippen LogP contribution in [0.3, 0.4) is 0 Å². The molecule has 0 fully saturated rings. The van der Waals surface area contributed by atoms with Gasteiger partial charge in [0.05, 0.1) is 0 Å². The minimum absolute atomic E-state index is 0. The Labute approximate surface area is 101 Å². The van der Waals surface area contributed by atoms with E-state index in [-0.39, 0.29) is 36.0 Å².